The summed E-state index contributed by atoms with van der Waals surface area (Å²) in [5.74, 6) is -0.436. The quantitative estimate of drug-likeness (QED) is 0.380. The third-order valence-electron chi connectivity index (χ3n) is 2.53. The first-order chi connectivity index (χ1) is 9.49. The number of anilines is 1. The van der Waals surface area contributed by atoms with Crippen LogP contribution in [0.4, 0.5) is 5.69 Å². The van der Waals surface area contributed by atoms with Crippen LogP contribution in [0.15, 0.2) is 18.2 Å². The van der Waals surface area contributed by atoms with Crippen molar-refractivity contribution in [3.8, 4) is 0 Å². The zero-order valence-corrected chi connectivity index (χ0v) is 12.2. The molecule has 0 heterocycles. The number of hydrogen-bond acceptors (Lipinski definition) is 6. The Morgan fingerprint density at radius 3 is 2.25 bits per heavy atom. The van der Waals surface area contributed by atoms with Crippen LogP contribution in [-0.4, -0.2) is 39.9 Å². The molecular weight excluding hydrogens is 262 g/mol. The number of benzene rings is 1. The molecule has 20 heavy (non-hydrogen) atoms. The molecular formula is C14H21NO5. The number of aldehydes is 1. The van der Waals surface area contributed by atoms with Crippen LogP contribution in [0.25, 0.3) is 0 Å². The molecule has 6 heteroatoms. The number of ether oxygens (including phenoxy) is 3. The van der Waals surface area contributed by atoms with Crippen LogP contribution in [0.2, 0.25) is 0 Å². The first kappa shape index (κ1) is 18.1. The number of rotatable bonds is 5. The Morgan fingerprint density at radius 2 is 1.90 bits per heavy atom. The summed E-state index contributed by atoms with van der Waals surface area (Å²) in [6.07, 6.45) is 0.960. The van der Waals surface area contributed by atoms with E-state index in [1.54, 1.807) is 26.4 Å². The fourth-order valence-electron chi connectivity index (χ4n) is 1.21. The summed E-state index contributed by atoms with van der Waals surface area (Å²) in [6, 6.07) is 4.74. The lowest BCUT2D eigenvalue weighted by atomic mass is 10.1. The van der Waals surface area contributed by atoms with E-state index in [0.29, 0.717) is 16.8 Å². The van der Waals surface area contributed by atoms with Crippen LogP contribution in [0.3, 0.4) is 0 Å². The number of carbonyl (C=O) groups is 2. The van der Waals surface area contributed by atoms with E-state index in [1.165, 1.54) is 13.2 Å². The van der Waals surface area contributed by atoms with Gasteiger partial charge in [0.1, 0.15) is 6.29 Å². The summed E-state index contributed by atoms with van der Waals surface area (Å²) in [5, 5.41) is 0. The van der Waals surface area contributed by atoms with E-state index in [4.69, 9.17) is 5.73 Å². The Labute approximate surface area is 118 Å². The maximum atomic E-state index is 11.1. The molecule has 1 aromatic rings. The lowest BCUT2D eigenvalue weighted by molar-refractivity contribution is -0.107. The fourth-order valence-corrected chi connectivity index (χ4v) is 1.21. The number of esters is 1. The molecule has 0 atom stereocenters. The van der Waals surface area contributed by atoms with E-state index in [1.807, 2.05) is 6.92 Å². The normalized spacial score (nSPS) is 9.65. The average molecular weight is 283 g/mol. The molecule has 6 nitrogen and oxygen atoms in total. The minimum Gasteiger partial charge on any atom is -0.465 e. The molecule has 0 aliphatic carbocycles. The van der Waals surface area contributed by atoms with Gasteiger partial charge in [0.05, 0.1) is 12.7 Å². The van der Waals surface area contributed by atoms with Crippen molar-refractivity contribution in [1.82, 2.24) is 0 Å². The Balaban J connectivity index is 0.000000511. The molecule has 0 spiro atoms. The first-order valence-corrected chi connectivity index (χ1v) is 5.96. The van der Waals surface area contributed by atoms with E-state index in [9.17, 15) is 9.59 Å². The summed E-state index contributed by atoms with van der Waals surface area (Å²) in [5.41, 5.74) is 7.17. The molecule has 0 aliphatic heterocycles. The summed E-state index contributed by atoms with van der Waals surface area (Å²) in [6.45, 7) is 1.83. The van der Waals surface area contributed by atoms with Crippen molar-refractivity contribution in [2.45, 2.75) is 19.6 Å². The second kappa shape index (κ2) is 9.94. The molecule has 0 bridgehead atoms. The highest BCUT2D eigenvalue weighted by Gasteiger charge is 2.07. The molecule has 0 unspecified atom stereocenters. The SMILES string of the molecule is COC(=O)c1ccc(CC=O)c(N)c1.COC(C)OC. The van der Waals surface area contributed by atoms with Crippen molar-refractivity contribution >= 4 is 17.9 Å². The van der Waals surface area contributed by atoms with Gasteiger partial charge in [0, 0.05) is 26.3 Å². The molecule has 0 saturated carbocycles. The monoisotopic (exact) mass is 283 g/mol. The number of nitrogen functional groups attached to an aromatic ring is 1. The highest BCUT2D eigenvalue weighted by molar-refractivity contribution is 5.90. The largest absolute Gasteiger partial charge is 0.465 e. The minimum atomic E-state index is -0.436. The minimum absolute atomic E-state index is 0.0648. The van der Waals surface area contributed by atoms with Crippen molar-refractivity contribution in [3.05, 3.63) is 29.3 Å². The van der Waals surface area contributed by atoms with Crippen molar-refractivity contribution < 1.29 is 23.8 Å². The Morgan fingerprint density at radius 1 is 1.30 bits per heavy atom. The van der Waals surface area contributed by atoms with Gasteiger partial charge >= 0.3 is 5.97 Å². The summed E-state index contributed by atoms with van der Waals surface area (Å²) in [4.78, 5) is 21.3. The van der Waals surface area contributed by atoms with Crippen LogP contribution in [0.5, 0.6) is 0 Å². The fraction of sp³-hybridized carbons (Fsp3) is 0.429. The van der Waals surface area contributed by atoms with Gasteiger partial charge < -0.3 is 24.7 Å². The number of methoxy groups -OCH3 is 3. The van der Waals surface area contributed by atoms with Gasteiger partial charge in [-0.05, 0) is 24.6 Å². The molecule has 1 rings (SSSR count). The third kappa shape index (κ3) is 6.31. The summed E-state index contributed by atoms with van der Waals surface area (Å²) < 4.78 is 13.9. The number of nitrogens with two attached hydrogens (primary N) is 1. The topological polar surface area (TPSA) is 87.9 Å². The number of carbonyl (C=O) groups excluding carboxylic acids is 2. The summed E-state index contributed by atoms with van der Waals surface area (Å²) >= 11 is 0. The summed E-state index contributed by atoms with van der Waals surface area (Å²) in [7, 11) is 4.51. The number of hydrogen-bond donors (Lipinski definition) is 1. The van der Waals surface area contributed by atoms with Gasteiger partial charge in [-0.15, -0.1) is 0 Å². The molecule has 1 aromatic carbocycles. The molecule has 112 valence electrons. The predicted molar refractivity (Wildman–Crippen MR) is 75.4 cm³/mol. The van der Waals surface area contributed by atoms with Gasteiger partial charge in [0.25, 0.3) is 0 Å². The smallest absolute Gasteiger partial charge is 0.337 e. The van der Waals surface area contributed by atoms with Gasteiger partial charge in [0.2, 0.25) is 0 Å². The predicted octanol–water partition coefficient (Wildman–Crippen LogP) is 1.42. The highest BCUT2D eigenvalue weighted by Crippen LogP contribution is 2.14. The zero-order chi connectivity index (χ0) is 15.5. The van der Waals surface area contributed by atoms with Gasteiger partial charge in [-0.25, -0.2) is 4.79 Å². The molecule has 0 aromatic heterocycles. The molecule has 0 amide bonds. The second-order valence-corrected chi connectivity index (χ2v) is 3.81. The van der Waals surface area contributed by atoms with Crippen molar-refractivity contribution in [1.29, 1.82) is 0 Å². The van der Waals surface area contributed by atoms with E-state index in [-0.39, 0.29) is 12.7 Å². The van der Waals surface area contributed by atoms with E-state index < -0.39 is 5.97 Å². The van der Waals surface area contributed by atoms with Gasteiger partial charge in [-0.1, -0.05) is 6.07 Å². The average Bonchev–Trinajstić information content (AvgIpc) is 2.48. The molecule has 2 N–H and O–H groups in total. The third-order valence-corrected chi connectivity index (χ3v) is 2.53. The van der Waals surface area contributed by atoms with Crippen molar-refractivity contribution in [2.75, 3.05) is 27.1 Å². The van der Waals surface area contributed by atoms with Crippen LogP contribution < -0.4 is 5.73 Å². The lowest BCUT2D eigenvalue weighted by Gasteiger charge is -2.04. The Bertz CT molecular complexity index is 430. The molecule has 0 aliphatic rings. The highest BCUT2D eigenvalue weighted by atomic mass is 16.7. The van der Waals surface area contributed by atoms with E-state index >= 15 is 0 Å². The zero-order valence-electron chi connectivity index (χ0n) is 12.2. The van der Waals surface area contributed by atoms with E-state index in [0.717, 1.165) is 6.29 Å². The lowest BCUT2D eigenvalue weighted by Crippen LogP contribution is -2.05. The van der Waals surface area contributed by atoms with Gasteiger partial charge in [-0.3, -0.25) is 0 Å². The molecule has 0 radical (unpaired) electrons. The molecule has 0 fully saturated rings. The van der Waals surface area contributed by atoms with Gasteiger partial charge in [-0.2, -0.15) is 0 Å². The maximum absolute atomic E-state index is 11.1. The Kier molecular flexibility index (Phi) is 8.98. The second-order valence-electron chi connectivity index (χ2n) is 3.81. The van der Waals surface area contributed by atoms with Crippen LogP contribution >= 0.6 is 0 Å². The van der Waals surface area contributed by atoms with Crippen molar-refractivity contribution in [2.24, 2.45) is 0 Å². The first-order valence-electron chi connectivity index (χ1n) is 5.96. The van der Waals surface area contributed by atoms with Crippen molar-refractivity contribution in [3.63, 3.8) is 0 Å². The van der Waals surface area contributed by atoms with Crippen LogP contribution in [0, 0.1) is 0 Å². The van der Waals surface area contributed by atoms with Gasteiger partial charge in [0.15, 0.2) is 6.29 Å². The van der Waals surface area contributed by atoms with Crippen LogP contribution in [0.1, 0.15) is 22.8 Å². The van der Waals surface area contributed by atoms with E-state index in [2.05, 4.69) is 14.2 Å². The standard InChI is InChI=1S/C10H11NO3.C4H10O2/c1-14-10(13)8-3-2-7(4-5-12)9(11)6-8;1-4(5-2)6-3/h2-3,5-6H,4,11H2,1H3;4H,1-3H3. The molecule has 0 saturated heterocycles. The maximum Gasteiger partial charge on any atom is 0.337 e. The Hall–Kier alpha value is -1.92. The van der Waals surface area contributed by atoms with Crippen LogP contribution in [-0.2, 0) is 25.4 Å².